The van der Waals surface area contributed by atoms with E-state index in [1.54, 1.807) is 0 Å². The summed E-state index contributed by atoms with van der Waals surface area (Å²) in [5.41, 5.74) is 5.63. The first-order chi connectivity index (χ1) is 14.7. The van der Waals surface area contributed by atoms with Crippen molar-refractivity contribution in [1.29, 1.82) is 0 Å². The molecular weight excluding hydrogens is 374 g/mol. The first kappa shape index (κ1) is 18.6. The standard InChI is InChI=1S/C24H25N5O/c1-2-24(30)27-20-9-10-21(14-20)29-23(15-26-28-29)18-6-3-16(4-7-18)19-8-5-17-11-12-25-22(17)13-19/h3-8,11-13,15,20-21,25H,2,9-10,14H2,1H3,(H,27,30)/t20-,21+/m0/s1. The topological polar surface area (TPSA) is 75.6 Å². The molecule has 2 aromatic carbocycles. The summed E-state index contributed by atoms with van der Waals surface area (Å²) in [4.78, 5) is 15.0. The second-order valence-electron chi connectivity index (χ2n) is 8.01. The fraction of sp³-hybridized carbons (Fsp3) is 0.292. The van der Waals surface area contributed by atoms with Crippen LogP contribution in [0.5, 0.6) is 0 Å². The highest BCUT2D eigenvalue weighted by atomic mass is 16.1. The Hall–Kier alpha value is -3.41. The maximum Gasteiger partial charge on any atom is 0.219 e. The third-order valence-electron chi connectivity index (χ3n) is 6.08. The van der Waals surface area contributed by atoms with Crippen LogP contribution in [-0.4, -0.2) is 31.9 Å². The van der Waals surface area contributed by atoms with E-state index in [-0.39, 0.29) is 18.0 Å². The Kier molecular flexibility index (Phi) is 4.83. The molecule has 4 aromatic rings. The summed E-state index contributed by atoms with van der Waals surface area (Å²) < 4.78 is 2.03. The normalized spacial score (nSPS) is 18.7. The summed E-state index contributed by atoms with van der Waals surface area (Å²) in [5, 5.41) is 12.9. The first-order valence-corrected chi connectivity index (χ1v) is 10.6. The van der Waals surface area contributed by atoms with Gasteiger partial charge in [0, 0.05) is 29.7 Å². The molecule has 1 saturated carbocycles. The average Bonchev–Trinajstić information content (AvgIpc) is 3.53. The molecule has 2 atom stereocenters. The zero-order chi connectivity index (χ0) is 20.5. The zero-order valence-corrected chi connectivity index (χ0v) is 17.0. The maximum absolute atomic E-state index is 11.7. The molecule has 6 heteroatoms. The molecule has 1 fully saturated rings. The lowest BCUT2D eigenvalue weighted by atomic mass is 10.0. The van der Waals surface area contributed by atoms with Crippen LogP contribution in [0.25, 0.3) is 33.3 Å². The van der Waals surface area contributed by atoms with Gasteiger partial charge in [-0.1, -0.05) is 48.5 Å². The number of nitrogens with zero attached hydrogens (tertiary/aromatic N) is 3. The Labute approximate surface area is 175 Å². The van der Waals surface area contributed by atoms with E-state index < -0.39 is 0 Å². The number of nitrogens with one attached hydrogen (secondary N) is 2. The van der Waals surface area contributed by atoms with Crippen molar-refractivity contribution < 1.29 is 4.79 Å². The predicted octanol–water partition coefficient (Wildman–Crippen LogP) is 4.71. The minimum absolute atomic E-state index is 0.118. The number of amides is 1. The quantitative estimate of drug-likeness (QED) is 0.510. The molecule has 0 aliphatic heterocycles. The molecular formula is C24H25N5O. The van der Waals surface area contributed by atoms with Gasteiger partial charge in [-0.15, -0.1) is 5.10 Å². The Morgan fingerprint density at radius 2 is 1.90 bits per heavy atom. The smallest absolute Gasteiger partial charge is 0.219 e. The molecule has 0 saturated heterocycles. The molecule has 2 N–H and O–H groups in total. The SMILES string of the molecule is CCC(=O)N[C@H]1CC[C@@H](n2nncc2-c2ccc(-c3ccc4cc[nH]c4c3)cc2)C1. The summed E-state index contributed by atoms with van der Waals surface area (Å²) in [7, 11) is 0. The highest BCUT2D eigenvalue weighted by molar-refractivity contribution is 5.85. The van der Waals surface area contributed by atoms with E-state index in [0.717, 1.165) is 36.0 Å². The zero-order valence-electron chi connectivity index (χ0n) is 17.0. The van der Waals surface area contributed by atoms with Crippen molar-refractivity contribution >= 4 is 16.8 Å². The lowest BCUT2D eigenvalue weighted by Crippen LogP contribution is -2.32. The fourth-order valence-electron chi connectivity index (χ4n) is 4.42. The van der Waals surface area contributed by atoms with Gasteiger partial charge >= 0.3 is 0 Å². The molecule has 1 aliphatic carbocycles. The number of carbonyl (C=O) groups excluding carboxylic acids is 1. The lowest BCUT2D eigenvalue weighted by Gasteiger charge is -2.15. The fourth-order valence-corrected chi connectivity index (χ4v) is 4.42. The van der Waals surface area contributed by atoms with E-state index in [9.17, 15) is 4.79 Å². The second-order valence-corrected chi connectivity index (χ2v) is 8.01. The number of H-pyrrole nitrogens is 1. The van der Waals surface area contributed by atoms with Gasteiger partial charge in [-0.25, -0.2) is 4.68 Å². The number of benzene rings is 2. The van der Waals surface area contributed by atoms with E-state index in [0.29, 0.717) is 6.42 Å². The molecule has 0 radical (unpaired) electrons. The molecule has 1 aliphatic rings. The molecule has 2 aromatic heterocycles. The second kappa shape index (κ2) is 7.78. The average molecular weight is 399 g/mol. The van der Waals surface area contributed by atoms with Crippen LogP contribution in [0.2, 0.25) is 0 Å². The number of aromatic nitrogens is 4. The summed E-state index contributed by atoms with van der Waals surface area (Å²) in [5.74, 6) is 0.118. The largest absolute Gasteiger partial charge is 0.361 e. The van der Waals surface area contributed by atoms with Crippen molar-refractivity contribution in [3.63, 3.8) is 0 Å². The van der Waals surface area contributed by atoms with Gasteiger partial charge in [-0.3, -0.25) is 4.79 Å². The number of hydrogen-bond acceptors (Lipinski definition) is 3. The summed E-state index contributed by atoms with van der Waals surface area (Å²) >= 11 is 0. The minimum atomic E-state index is 0.118. The van der Waals surface area contributed by atoms with Crippen molar-refractivity contribution in [1.82, 2.24) is 25.3 Å². The number of aromatic amines is 1. The lowest BCUT2D eigenvalue weighted by molar-refractivity contribution is -0.121. The van der Waals surface area contributed by atoms with Crippen LogP contribution < -0.4 is 5.32 Å². The van der Waals surface area contributed by atoms with Gasteiger partial charge < -0.3 is 10.3 Å². The molecule has 0 spiro atoms. The Morgan fingerprint density at radius 3 is 2.73 bits per heavy atom. The summed E-state index contributed by atoms with van der Waals surface area (Å²) in [6.45, 7) is 1.89. The van der Waals surface area contributed by atoms with Crippen LogP contribution in [0.15, 0.2) is 60.9 Å². The van der Waals surface area contributed by atoms with Crippen molar-refractivity contribution in [2.24, 2.45) is 0 Å². The third-order valence-corrected chi connectivity index (χ3v) is 6.08. The van der Waals surface area contributed by atoms with Crippen molar-refractivity contribution in [2.75, 3.05) is 0 Å². The highest BCUT2D eigenvalue weighted by Gasteiger charge is 2.29. The summed E-state index contributed by atoms with van der Waals surface area (Å²) in [6.07, 6.45) is 7.20. The van der Waals surface area contributed by atoms with Crippen molar-refractivity contribution in [3.05, 3.63) is 60.9 Å². The molecule has 1 amide bonds. The van der Waals surface area contributed by atoms with Gasteiger partial charge in [-0.2, -0.15) is 0 Å². The molecule has 0 bridgehead atoms. The molecule has 2 heterocycles. The Bertz CT molecular complexity index is 1170. The van der Waals surface area contributed by atoms with Crippen molar-refractivity contribution in [3.8, 4) is 22.4 Å². The van der Waals surface area contributed by atoms with Gasteiger partial charge in [0.15, 0.2) is 0 Å². The van der Waals surface area contributed by atoms with Crippen LogP contribution in [-0.2, 0) is 4.79 Å². The molecule has 6 nitrogen and oxygen atoms in total. The van der Waals surface area contributed by atoms with E-state index >= 15 is 0 Å². The van der Waals surface area contributed by atoms with Crippen LogP contribution in [0.1, 0.15) is 38.6 Å². The number of fused-ring (bicyclic) bond motifs is 1. The molecule has 5 rings (SSSR count). The van der Waals surface area contributed by atoms with E-state index in [1.165, 1.54) is 16.5 Å². The van der Waals surface area contributed by atoms with Crippen LogP contribution in [0, 0.1) is 0 Å². The highest BCUT2D eigenvalue weighted by Crippen LogP contribution is 2.34. The van der Waals surface area contributed by atoms with E-state index in [1.807, 2.05) is 24.0 Å². The maximum atomic E-state index is 11.7. The third kappa shape index (κ3) is 3.49. The predicted molar refractivity (Wildman–Crippen MR) is 118 cm³/mol. The Balaban J connectivity index is 1.36. The van der Waals surface area contributed by atoms with Gasteiger partial charge in [0.1, 0.15) is 0 Å². The number of hydrogen-bond donors (Lipinski definition) is 2. The molecule has 152 valence electrons. The van der Waals surface area contributed by atoms with E-state index in [2.05, 4.69) is 69.1 Å². The van der Waals surface area contributed by atoms with Gasteiger partial charge in [0.25, 0.3) is 0 Å². The van der Waals surface area contributed by atoms with Gasteiger partial charge in [0.05, 0.1) is 17.9 Å². The minimum Gasteiger partial charge on any atom is -0.361 e. The first-order valence-electron chi connectivity index (χ1n) is 10.6. The molecule has 30 heavy (non-hydrogen) atoms. The monoisotopic (exact) mass is 399 g/mol. The van der Waals surface area contributed by atoms with E-state index in [4.69, 9.17) is 0 Å². The van der Waals surface area contributed by atoms with Gasteiger partial charge in [0.2, 0.25) is 5.91 Å². The van der Waals surface area contributed by atoms with Crippen molar-refractivity contribution in [2.45, 2.75) is 44.7 Å². The van der Waals surface area contributed by atoms with Crippen LogP contribution in [0.4, 0.5) is 0 Å². The Morgan fingerprint density at radius 1 is 1.10 bits per heavy atom. The molecule has 0 unspecified atom stereocenters. The summed E-state index contributed by atoms with van der Waals surface area (Å²) in [6, 6.07) is 17.6. The van der Waals surface area contributed by atoms with Crippen LogP contribution in [0.3, 0.4) is 0 Å². The number of carbonyl (C=O) groups is 1. The number of rotatable bonds is 5. The van der Waals surface area contributed by atoms with Gasteiger partial charge in [-0.05, 0) is 47.9 Å². The van der Waals surface area contributed by atoms with Crippen LogP contribution >= 0.6 is 0 Å².